The number of rotatable bonds is 4. The van der Waals surface area contributed by atoms with Gasteiger partial charge < -0.3 is 9.73 Å². The van der Waals surface area contributed by atoms with E-state index in [4.69, 9.17) is 4.42 Å². The minimum absolute atomic E-state index is 0.864. The van der Waals surface area contributed by atoms with E-state index in [9.17, 15) is 0 Å². The molecule has 0 spiro atoms. The first-order valence-corrected chi connectivity index (χ1v) is 5.31. The molecule has 4 nitrogen and oxygen atoms in total. The molecule has 0 aliphatic carbocycles. The van der Waals surface area contributed by atoms with Crippen molar-refractivity contribution in [2.24, 2.45) is 0 Å². The zero-order valence-electron chi connectivity index (χ0n) is 7.86. The van der Waals surface area contributed by atoms with Crippen LogP contribution in [-0.4, -0.2) is 16.7 Å². The lowest BCUT2D eigenvalue weighted by Gasteiger charge is -1.94. The standard InChI is InChI=1S/C9H11N3OS/c1-2-4-10-9-12-11-8(14-9)7-3-5-13-6-7/h3,5-6H,2,4H2,1H3,(H,10,12). The van der Waals surface area contributed by atoms with Crippen LogP contribution in [0.3, 0.4) is 0 Å². The van der Waals surface area contributed by atoms with Crippen LogP contribution in [0.15, 0.2) is 23.0 Å². The Morgan fingerprint density at radius 1 is 1.50 bits per heavy atom. The summed E-state index contributed by atoms with van der Waals surface area (Å²) in [6, 6.07) is 1.88. The fourth-order valence-electron chi connectivity index (χ4n) is 1.03. The third kappa shape index (κ3) is 1.93. The Bertz CT molecular complexity index is 382. The van der Waals surface area contributed by atoms with Gasteiger partial charge in [-0.3, -0.25) is 0 Å². The van der Waals surface area contributed by atoms with Gasteiger partial charge in [0, 0.05) is 6.54 Å². The van der Waals surface area contributed by atoms with Crippen molar-refractivity contribution in [3.05, 3.63) is 18.6 Å². The average Bonchev–Trinajstić information content (AvgIpc) is 2.85. The van der Waals surface area contributed by atoms with E-state index in [1.165, 1.54) is 11.3 Å². The van der Waals surface area contributed by atoms with E-state index in [1.807, 2.05) is 6.07 Å². The van der Waals surface area contributed by atoms with Gasteiger partial charge in [-0.15, -0.1) is 10.2 Å². The number of nitrogens with zero attached hydrogens (tertiary/aromatic N) is 2. The number of hydrogen-bond acceptors (Lipinski definition) is 5. The highest BCUT2D eigenvalue weighted by Crippen LogP contribution is 2.26. The van der Waals surface area contributed by atoms with Crippen molar-refractivity contribution in [2.45, 2.75) is 13.3 Å². The van der Waals surface area contributed by atoms with Crippen molar-refractivity contribution in [1.82, 2.24) is 10.2 Å². The SMILES string of the molecule is CCCNc1nnc(-c2ccoc2)s1. The highest BCUT2D eigenvalue weighted by molar-refractivity contribution is 7.18. The summed E-state index contributed by atoms with van der Waals surface area (Å²) in [5.41, 5.74) is 0.979. The summed E-state index contributed by atoms with van der Waals surface area (Å²) in [4.78, 5) is 0. The Morgan fingerprint density at radius 2 is 2.43 bits per heavy atom. The van der Waals surface area contributed by atoms with Crippen LogP contribution in [0, 0.1) is 0 Å². The van der Waals surface area contributed by atoms with Gasteiger partial charge in [-0.05, 0) is 12.5 Å². The van der Waals surface area contributed by atoms with Gasteiger partial charge in [-0.25, -0.2) is 0 Å². The topological polar surface area (TPSA) is 51.0 Å². The Kier molecular flexibility index (Phi) is 2.78. The Hall–Kier alpha value is -1.36. The van der Waals surface area contributed by atoms with Gasteiger partial charge in [-0.1, -0.05) is 18.3 Å². The third-order valence-electron chi connectivity index (χ3n) is 1.72. The second-order valence-corrected chi connectivity index (χ2v) is 3.83. The van der Waals surface area contributed by atoms with Crippen molar-refractivity contribution in [1.29, 1.82) is 0 Å². The molecular weight excluding hydrogens is 198 g/mol. The van der Waals surface area contributed by atoms with E-state index in [-0.39, 0.29) is 0 Å². The first kappa shape index (κ1) is 9.21. The van der Waals surface area contributed by atoms with Gasteiger partial charge in [0.25, 0.3) is 0 Å². The summed E-state index contributed by atoms with van der Waals surface area (Å²) in [6.45, 7) is 3.05. The molecular formula is C9H11N3OS. The normalized spacial score (nSPS) is 10.4. The maximum atomic E-state index is 4.98. The number of anilines is 1. The van der Waals surface area contributed by atoms with E-state index >= 15 is 0 Å². The molecule has 0 saturated carbocycles. The lowest BCUT2D eigenvalue weighted by atomic mass is 10.4. The largest absolute Gasteiger partial charge is 0.472 e. The maximum Gasteiger partial charge on any atom is 0.206 e. The second-order valence-electron chi connectivity index (χ2n) is 2.85. The molecule has 0 bridgehead atoms. The lowest BCUT2D eigenvalue weighted by molar-refractivity contribution is 0.568. The quantitative estimate of drug-likeness (QED) is 0.841. The van der Waals surface area contributed by atoms with E-state index in [1.54, 1.807) is 12.5 Å². The molecule has 1 N–H and O–H groups in total. The molecule has 0 aromatic carbocycles. The first-order valence-electron chi connectivity index (χ1n) is 4.50. The predicted molar refractivity (Wildman–Crippen MR) is 56.4 cm³/mol. The molecule has 2 aromatic heterocycles. The van der Waals surface area contributed by atoms with Crippen LogP contribution >= 0.6 is 11.3 Å². The van der Waals surface area contributed by atoms with E-state index in [2.05, 4.69) is 22.4 Å². The van der Waals surface area contributed by atoms with Crippen molar-refractivity contribution < 1.29 is 4.42 Å². The monoisotopic (exact) mass is 209 g/mol. The highest BCUT2D eigenvalue weighted by Gasteiger charge is 2.06. The van der Waals surface area contributed by atoms with E-state index < -0.39 is 0 Å². The summed E-state index contributed by atoms with van der Waals surface area (Å²) in [6.07, 6.45) is 4.39. The zero-order chi connectivity index (χ0) is 9.80. The van der Waals surface area contributed by atoms with E-state index in [0.717, 1.165) is 28.7 Å². The van der Waals surface area contributed by atoms with Crippen molar-refractivity contribution in [3.8, 4) is 10.6 Å². The number of hydrogen-bond donors (Lipinski definition) is 1. The molecule has 0 aliphatic rings. The first-order chi connectivity index (χ1) is 6.90. The number of nitrogens with one attached hydrogen (secondary N) is 1. The molecule has 0 radical (unpaired) electrons. The van der Waals surface area contributed by atoms with Gasteiger partial charge in [0.1, 0.15) is 6.26 Å². The molecule has 5 heteroatoms. The number of aromatic nitrogens is 2. The molecule has 0 aliphatic heterocycles. The Labute approximate surface area is 86.0 Å². The summed E-state index contributed by atoms with van der Waals surface area (Å²) in [5.74, 6) is 0. The van der Waals surface area contributed by atoms with Crippen LogP contribution in [-0.2, 0) is 0 Å². The Morgan fingerprint density at radius 3 is 3.14 bits per heavy atom. The molecule has 0 fully saturated rings. The highest BCUT2D eigenvalue weighted by atomic mass is 32.1. The van der Waals surface area contributed by atoms with Crippen LogP contribution in [0.5, 0.6) is 0 Å². The number of furan rings is 1. The van der Waals surface area contributed by atoms with Gasteiger partial charge in [0.05, 0.1) is 11.8 Å². The molecule has 74 valence electrons. The summed E-state index contributed by atoms with van der Waals surface area (Å²) in [7, 11) is 0. The molecule has 2 aromatic rings. The van der Waals surface area contributed by atoms with Crippen LogP contribution in [0.1, 0.15) is 13.3 Å². The van der Waals surface area contributed by atoms with Gasteiger partial charge in [0.2, 0.25) is 5.13 Å². The smallest absolute Gasteiger partial charge is 0.206 e. The molecule has 0 amide bonds. The summed E-state index contributed by atoms with van der Waals surface area (Å²) in [5, 5.41) is 13.0. The molecule has 0 unspecified atom stereocenters. The second kappa shape index (κ2) is 4.23. The van der Waals surface area contributed by atoms with Crippen LogP contribution in [0.25, 0.3) is 10.6 Å². The minimum atomic E-state index is 0.864. The molecule has 14 heavy (non-hydrogen) atoms. The van der Waals surface area contributed by atoms with Crippen molar-refractivity contribution in [3.63, 3.8) is 0 Å². The van der Waals surface area contributed by atoms with Crippen molar-refractivity contribution >= 4 is 16.5 Å². The average molecular weight is 209 g/mol. The van der Waals surface area contributed by atoms with Crippen molar-refractivity contribution in [2.75, 3.05) is 11.9 Å². The Balaban J connectivity index is 2.10. The molecule has 0 saturated heterocycles. The fourth-order valence-corrected chi connectivity index (χ4v) is 1.78. The third-order valence-corrected chi connectivity index (χ3v) is 2.65. The molecule has 0 atom stereocenters. The zero-order valence-corrected chi connectivity index (χ0v) is 8.67. The fraction of sp³-hybridized carbons (Fsp3) is 0.333. The van der Waals surface area contributed by atoms with Gasteiger partial charge in [0.15, 0.2) is 5.01 Å². The lowest BCUT2D eigenvalue weighted by Crippen LogP contribution is -1.98. The predicted octanol–water partition coefficient (Wildman–Crippen LogP) is 2.62. The summed E-state index contributed by atoms with van der Waals surface area (Å²) < 4.78 is 4.98. The van der Waals surface area contributed by atoms with Crippen LogP contribution in [0.2, 0.25) is 0 Å². The maximum absolute atomic E-state index is 4.98. The van der Waals surface area contributed by atoms with Crippen LogP contribution < -0.4 is 5.32 Å². The van der Waals surface area contributed by atoms with Gasteiger partial charge >= 0.3 is 0 Å². The van der Waals surface area contributed by atoms with E-state index in [0.29, 0.717) is 0 Å². The molecule has 2 heterocycles. The van der Waals surface area contributed by atoms with Gasteiger partial charge in [-0.2, -0.15) is 0 Å². The molecule has 2 rings (SSSR count). The minimum Gasteiger partial charge on any atom is -0.472 e. The summed E-state index contributed by atoms with van der Waals surface area (Å²) >= 11 is 1.54. The van der Waals surface area contributed by atoms with Crippen LogP contribution in [0.4, 0.5) is 5.13 Å².